The molecular weight excluding hydrogens is 296 g/mol. The van der Waals surface area contributed by atoms with E-state index in [1.165, 1.54) is 4.90 Å². The van der Waals surface area contributed by atoms with E-state index in [1.807, 2.05) is 34.6 Å². The van der Waals surface area contributed by atoms with Crippen molar-refractivity contribution >= 4 is 17.7 Å². The Kier molecular flexibility index (Phi) is 8.82. The molecule has 7 heteroatoms. The number of rotatable bonds is 8. The van der Waals surface area contributed by atoms with E-state index in [1.54, 1.807) is 23.9 Å². The van der Waals surface area contributed by atoms with Crippen LogP contribution in [0.4, 0.5) is 0 Å². The van der Waals surface area contributed by atoms with Crippen molar-refractivity contribution in [3.05, 3.63) is 0 Å². The number of likely N-dealkylation sites (N-methyl/N-ethyl adjacent to an activating group) is 3. The lowest BCUT2D eigenvalue weighted by Gasteiger charge is -2.26. The minimum absolute atomic E-state index is 0.00145. The molecule has 0 rings (SSSR count). The van der Waals surface area contributed by atoms with Crippen molar-refractivity contribution in [2.24, 2.45) is 0 Å². The maximum atomic E-state index is 12.1. The molecule has 0 aliphatic heterocycles. The second kappa shape index (κ2) is 9.50. The number of hydrogen-bond donors (Lipinski definition) is 1. The number of nitrogens with zero attached hydrogens (tertiary/aromatic N) is 3. The Morgan fingerprint density at radius 1 is 0.870 bits per heavy atom. The number of carbonyl (C=O) groups excluding carboxylic acids is 3. The van der Waals surface area contributed by atoms with Gasteiger partial charge in [-0.15, -0.1) is 0 Å². The molecule has 0 aliphatic carbocycles. The molecule has 7 nitrogen and oxygen atoms in total. The number of nitrogens with one attached hydrogen (secondary N) is 1. The predicted octanol–water partition coefficient (Wildman–Crippen LogP) is 0.160. The zero-order valence-corrected chi connectivity index (χ0v) is 15.6. The van der Waals surface area contributed by atoms with Gasteiger partial charge in [0, 0.05) is 25.7 Å². The minimum Gasteiger partial charge on any atom is -0.350 e. The summed E-state index contributed by atoms with van der Waals surface area (Å²) >= 11 is 0. The molecule has 0 aromatic carbocycles. The lowest BCUT2D eigenvalue weighted by molar-refractivity contribution is -0.137. The Hall–Kier alpha value is -1.63. The van der Waals surface area contributed by atoms with Gasteiger partial charge < -0.3 is 15.1 Å². The monoisotopic (exact) mass is 328 g/mol. The number of hydrogen-bond acceptors (Lipinski definition) is 4. The third-order valence-corrected chi connectivity index (χ3v) is 3.25. The fourth-order valence-corrected chi connectivity index (χ4v) is 2.08. The molecule has 0 atom stereocenters. The maximum Gasteiger partial charge on any atom is 0.240 e. The molecule has 0 bridgehead atoms. The van der Waals surface area contributed by atoms with E-state index in [0.717, 1.165) is 0 Å². The SMILES string of the molecule is CCN(CC)C(=O)CN(C)CC(=O)N(C)CC(=O)NC(C)(C)C. The van der Waals surface area contributed by atoms with Crippen molar-refractivity contribution in [3.8, 4) is 0 Å². The van der Waals surface area contributed by atoms with Crippen molar-refractivity contribution in [3.63, 3.8) is 0 Å². The molecule has 0 saturated carbocycles. The largest absolute Gasteiger partial charge is 0.350 e. The Labute approximate surface area is 140 Å². The highest BCUT2D eigenvalue weighted by atomic mass is 16.2. The fourth-order valence-electron chi connectivity index (χ4n) is 2.08. The highest BCUT2D eigenvalue weighted by Gasteiger charge is 2.20. The molecule has 0 radical (unpaired) electrons. The summed E-state index contributed by atoms with van der Waals surface area (Å²) in [5, 5.41) is 2.81. The standard InChI is InChI=1S/C16H32N4O3/c1-8-20(9-2)15(23)12-18(6)11-14(22)19(7)10-13(21)17-16(3,4)5/h8-12H2,1-7H3,(H,17,21). The Balaban J connectivity index is 4.35. The van der Waals surface area contributed by atoms with E-state index in [2.05, 4.69) is 5.32 Å². The summed E-state index contributed by atoms with van der Waals surface area (Å²) in [7, 11) is 3.31. The minimum atomic E-state index is -0.325. The molecule has 0 unspecified atom stereocenters. The van der Waals surface area contributed by atoms with Crippen LogP contribution >= 0.6 is 0 Å². The molecule has 3 amide bonds. The van der Waals surface area contributed by atoms with Crippen LogP contribution in [0.25, 0.3) is 0 Å². The molecule has 0 spiro atoms. The van der Waals surface area contributed by atoms with Crippen LogP contribution in [0, 0.1) is 0 Å². The van der Waals surface area contributed by atoms with Crippen LogP contribution in [0.2, 0.25) is 0 Å². The van der Waals surface area contributed by atoms with Gasteiger partial charge >= 0.3 is 0 Å². The van der Waals surface area contributed by atoms with E-state index >= 15 is 0 Å². The van der Waals surface area contributed by atoms with Crippen LogP contribution < -0.4 is 5.32 Å². The molecule has 0 aromatic heterocycles. The second-order valence-electron chi connectivity index (χ2n) is 6.79. The van der Waals surface area contributed by atoms with Gasteiger partial charge in [-0.2, -0.15) is 0 Å². The summed E-state index contributed by atoms with van der Waals surface area (Å²) in [6.07, 6.45) is 0. The van der Waals surface area contributed by atoms with Crippen LogP contribution in [-0.4, -0.2) is 84.8 Å². The highest BCUT2D eigenvalue weighted by Crippen LogP contribution is 1.99. The van der Waals surface area contributed by atoms with Crippen molar-refractivity contribution < 1.29 is 14.4 Å². The van der Waals surface area contributed by atoms with E-state index in [9.17, 15) is 14.4 Å². The lowest BCUT2D eigenvalue weighted by atomic mass is 10.1. The summed E-state index contributed by atoms with van der Waals surface area (Å²) in [5.41, 5.74) is -0.325. The summed E-state index contributed by atoms with van der Waals surface area (Å²) in [5.74, 6) is -0.391. The van der Waals surface area contributed by atoms with Crippen molar-refractivity contribution in [2.75, 3.05) is 46.8 Å². The first-order valence-corrected chi connectivity index (χ1v) is 8.01. The van der Waals surface area contributed by atoms with Gasteiger partial charge in [0.05, 0.1) is 19.6 Å². The summed E-state index contributed by atoms with van der Waals surface area (Å²) in [6, 6.07) is 0. The molecule has 0 fully saturated rings. The fraction of sp³-hybridized carbons (Fsp3) is 0.812. The predicted molar refractivity (Wildman–Crippen MR) is 91.0 cm³/mol. The van der Waals surface area contributed by atoms with E-state index < -0.39 is 0 Å². The maximum absolute atomic E-state index is 12.1. The molecule has 1 N–H and O–H groups in total. The van der Waals surface area contributed by atoms with Gasteiger partial charge in [0.1, 0.15) is 0 Å². The van der Waals surface area contributed by atoms with Gasteiger partial charge in [0.15, 0.2) is 0 Å². The average Bonchev–Trinajstić information content (AvgIpc) is 2.37. The summed E-state index contributed by atoms with van der Waals surface area (Å²) in [4.78, 5) is 40.7. The topological polar surface area (TPSA) is 73.0 Å². The molecule has 0 aliphatic rings. The van der Waals surface area contributed by atoms with Gasteiger partial charge in [-0.3, -0.25) is 19.3 Å². The third-order valence-electron chi connectivity index (χ3n) is 3.25. The number of amides is 3. The first kappa shape index (κ1) is 21.4. The molecule has 0 aromatic rings. The van der Waals surface area contributed by atoms with Gasteiger partial charge in [0.25, 0.3) is 0 Å². The van der Waals surface area contributed by atoms with Crippen molar-refractivity contribution in [2.45, 2.75) is 40.2 Å². The lowest BCUT2D eigenvalue weighted by Crippen LogP contribution is -2.48. The first-order chi connectivity index (χ1) is 10.5. The normalized spacial score (nSPS) is 11.3. The van der Waals surface area contributed by atoms with Crippen LogP contribution in [0.1, 0.15) is 34.6 Å². The smallest absolute Gasteiger partial charge is 0.240 e. The quantitative estimate of drug-likeness (QED) is 0.689. The van der Waals surface area contributed by atoms with Gasteiger partial charge in [-0.05, 0) is 41.7 Å². The Morgan fingerprint density at radius 2 is 1.35 bits per heavy atom. The Morgan fingerprint density at radius 3 is 1.78 bits per heavy atom. The van der Waals surface area contributed by atoms with Crippen LogP contribution in [0.5, 0.6) is 0 Å². The van der Waals surface area contributed by atoms with E-state index in [4.69, 9.17) is 0 Å². The van der Waals surface area contributed by atoms with Gasteiger partial charge in [-0.1, -0.05) is 0 Å². The van der Waals surface area contributed by atoms with E-state index in [-0.39, 0.29) is 42.9 Å². The second-order valence-corrected chi connectivity index (χ2v) is 6.79. The third kappa shape index (κ3) is 9.18. The Bertz CT molecular complexity index is 414. The van der Waals surface area contributed by atoms with Crippen LogP contribution in [-0.2, 0) is 14.4 Å². The average molecular weight is 328 g/mol. The first-order valence-electron chi connectivity index (χ1n) is 8.01. The molecule has 0 saturated heterocycles. The van der Waals surface area contributed by atoms with Crippen molar-refractivity contribution in [1.29, 1.82) is 0 Å². The highest BCUT2D eigenvalue weighted by molar-refractivity contribution is 5.86. The summed E-state index contributed by atoms with van der Waals surface area (Å²) in [6.45, 7) is 11.1. The van der Waals surface area contributed by atoms with Gasteiger partial charge in [-0.25, -0.2) is 0 Å². The molecule has 23 heavy (non-hydrogen) atoms. The molecular formula is C16H32N4O3. The molecule has 0 heterocycles. The zero-order valence-electron chi connectivity index (χ0n) is 15.6. The summed E-state index contributed by atoms with van der Waals surface area (Å²) < 4.78 is 0. The number of carbonyl (C=O) groups is 3. The zero-order chi connectivity index (χ0) is 18.2. The van der Waals surface area contributed by atoms with Crippen LogP contribution in [0.15, 0.2) is 0 Å². The van der Waals surface area contributed by atoms with E-state index in [0.29, 0.717) is 13.1 Å². The van der Waals surface area contributed by atoms with Gasteiger partial charge in [0.2, 0.25) is 17.7 Å². The molecule has 134 valence electrons. The van der Waals surface area contributed by atoms with Crippen LogP contribution in [0.3, 0.4) is 0 Å². The van der Waals surface area contributed by atoms with Crippen molar-refractivity contribution in [1.82, 2.24) is 20.0 Å².